The molecule has 3 unspecified atom stereocenters. The number of carbonyl (C=O) groups excluding carboxylic acids is 1. The zero-order chi connectivity index (χ0) is 13.7. The van der Waals surface area contributed by atoms with Crippen LogP contribution in [-0.2, 0) is 9.53 Å². The Morgan fingerprint density at radius 2 is 2.00 bits per heavy atom. The molecule has 0 aromatic carbocycles. The molecule has 3 atom stereocenters. The van der Waals surface area contributed by atoms with Crippen LogP contribution in [0, 0.1) is 11.3 Å². The lowest BCUT2D eigenvalue weighted by Gasteiger charge is -2.36. The molecule has 1 heterocycles. The summed E-state index contributed by atoms with van der Waals surface area (Å²) >= 11 is 0. The van der Waals surface area contributed by atoms with Crippen LogP contribution in [0.5, 0.6) is 0 Å². The summed E-state index contributed by atoms with van der Waals surface area (Å²) in [5, 5.41) is 9.27. The van der Waals surface area contributed by atoms with Gasteiger partial charge in [-0.1, -0.05) is 0 Å². The van der Waals surface area contributed by atoms with Gasteiger partial charge in [-0.05, 0) is 46.5 Å². The van der Waals surface area contributed by atoms with E-state index in [2.05, 4.69) is 0 Å². The molecule has 5 heteroatoms. The SMILES string of the molecule is CC(C)(C)OC(=O)N1CCC(C)(C(=O)O)C2CC21. The number of ether oxygens (including phenoxy) is 1. The number of rotatable bonds is 1. The summed E-state index contributed by atoms with van der Waals surface area (Å²) in [7, 11) is 0. The zero-order valence-electron chi connectivity index (χ0n) is 11.4. The summed E-state index contributed by atoms with van der Waals surface area (Å²) in [5.74, 6) is -0.671. The third-order valence-electron chi connectivity index (χ3n) is 3.96. The van der Waals surface area contributed by atoms with Gasteiger partial charge in [-0.15, -0.1) is 0 Å². The van der Waals surface area contributed by atoms with Crippen molar-refractivity contribution in [1.82, 2.24) is 4.90 Å². The lowest BCUT2D eigenvalue weighted by Crippen LogP contribution is -2.47. The number of hydrogen-bond acceptors (Lipinski definition) is 3. The van der Waals surface area contributed by atoms with Crippen molar-refractivity contribution in [2.45, 2.75) is 52.2 Å². The minimum absolute atomic E-state index is 0.0506. The lowest BCUT2D eigenvalue weighted by molar-refractivity contribution is -0.151. The first-order valence-corrected chi connectivity index (χ1v) is 6.38. The van der Waals surface area contributed by atoms with E-state index in [0.717, 1.165) is 6.42 Å². The summed E-state index contributed by atoms with van der Waals surface area (Å²) in [6.45, 7) is 7.76. The Morgan fingerprint density at radius 1 is 1.39 bits per heavy atom. The van der Waals surface area contributed by atoms with Crippen molar-refractivity contribution >= 4 is 12.1 Å². The molecule has 0 aromatic rings. The minimum atomic E-state index is -0.751. The van der Waals surface area contributed by atoms with Crippen LogP contribution in [0.3, 0.4) is 0 Å². The molecule has 2 fully saturated rings. The standard InChI is InChI=1S/C13H21NO4/c1-12(2,3)18-11(17)14-6-5-13(4,10(15)16)8-7-9(8)14/h8-9H,5-7H2,1-4H3,(H,15,16). The van der Waals surface area contributed by atoms with Gasteiger partial charge in [-0.3, -0.25) is 4.79 Å². The fourth-order valence-corrected chi connectivity index (χ4v) is 2.73. The molecule has 0 radical (unpaired) electrons. The summed E-state index contributed by atoms with van der Waals surface area (Å²) in [4.78, 5) is 25.0. The highest BCUT2D eigenvalue weighted by atomic mass is 16.6. The molecule has 1 saturated heterocycles. The van der Waals surface area contributed by atoms with Gasteiger partial charge in [-0.2, -0.15) is 0 Å². The Kier molecular flexibility index (Phi) is 2.83. The van der Waals surface area contributed by atoms with Crippen LogP contribution in [0.25, 0.3) is 0 Å². The predicted molar refractivity (Wildman–Crippen MR) is 65.2 cm³/mol. The normalized spacial score (nSPS) is 34.8. The molecule has 102 valence electrons. The summed E-state index contributed by atoms with van der Waals surface area (Å²) in [6, 6.07) is 0.0506. The van der Waals surface area contributed by atoms with Crippen molar-refractivity contribution in [3.63, 3.8) is 0 Å². The highest BCUT2D eigenvalue weighted by Crippen LogP contribution is 2.54. The average molecular weight is 255 g/mol. The van der Waals surface area contributed by atoms with Gasteiger partial charge >= 0.3 is 12.1 Å². The molecule has 0 spiro atoms. The third kappa shape index (κ3) is 2.18. The van der Waals surface area contributed by atoms with Crippen molar-refractivity contribution in [3.8, 4) is 0 Å². The second-order valence-electron chi connectivity index (χ2n) is 6.56. The van der Waals surface area contributed by atoms with E-state index in [9.17, 15) is 14.7 Å². The van der Waals surface area contributed by atoms with Gasteiger partial charge in [0, 0.05) is 12.6 Å². The van der Waals surface area contributed by atoms with Gasteiger partial charge in [0.05, 0.1) is 5.41 Å². The quantitative estimate of drug-likeness (QED) is 0.779. The van der Waals surface area contributed by atoms with E-state index in [4.69, 9.17) is 4.74 Å². The third-order valence-corrected chi connectivity index (χ3v) is 3.96. The maximum absolute atomic E-state index is 12.0. The molecule has 1 saturated carbocycles. The number of carboxylic acid groups (broad SMARTS) is 1. The molecule has 5 nitrogen and oxygen atoms in total. The zero-order valence-corrected chi connectivity index (χ0v) is 11.4. The molecule has 0 aromatic heterocycles. The van der Waals surface area contributed by atoms with Crippen LogP contribution >= 0.6 is 0 Å². The van der Waals surface area contributed by atoms with Crippen LogP contribution in [-0.4, -0.2) is 40.3 Å². The van der Waals surface area contributed by atoms with Crippen LogP contribution in [0.1, 0.15) is 40.5 Å². The van der Waals surface area contributed by atoms with Crippen molar-refractivity contribution in [2.75, 3.05) is 6.54 Å². The van der Waals surface area contributed by atoms with E-state index in [1.165, 1.54) is 0 Å². The molecular formula is C13H21NO4. The number of piperidine rings is 1. The summed E-state index contributed by atoms with van der Waals surface area (Å²) < 4.78 is 5.34. The van der Waals surface area contributed by atoms with E-state index in [1.807, 2.05) is 20.8 Å². The van der Waals surface area contributed by atoms with Crippen molar-refractivity contribution in [2.24, 2.45) is 11.3 Å². The molecule has 2 aliphatic rings. The van der Waals surface area contributed by atoms with Crippen molar-refractivity contribution in [1.29, 1.82) is 0 Å². The fourth-order valence-electron chi connectivity index (χ4n) is 2.73. The molecule has 2 rings (SSSR count). The second kappa shape index (κ2) is 3.87. The second-order valence-corrected chi connectivity index (χ2v) is 6.56. The number of fused-ring (bicyclic) bond motifs is 1. The van der Waals surface area contributed by atoms with Crippen LogP contribution in [0.4, 0.5) is 4.79 Å². The monoisotopic (exact) mass is 255 g/mol. The number of likely N-dealkylation sites (tertiary alicyclic amines) is 1. The Morgan fingerprint density at radius 3 is 2.50 bits per heavy atom. The van der Waals surface area contributed by atoms with E-state index in [1.54, 1.807) is 11.8 Å². The van der Waals surface area contributed by atoms with E-state index in [-0.39, 0.29) is 18.1 Å². The number of hydrogen-bond donors (Lipinski definition) is 1. The maximum Gasteiger partial charge on any atom is 0.410 e. The summed E-state index contributed by atoms with van der Waals surface area (Å²) in [6.07, 6.45) is 0.965. The number of carboxylic acids is 1. The number of aliphatic carboxylic acids is 1. The molecule has 1 amide bonds. The van der Waals surface area contributed by atoms with Gasteiger partial charge in [0.15, 0.2) is 0 Å². The van der Waals surface area contributed by atoms with E-state index >= 15 is 0 Å². The van der Waals surface area contributed by atoms with Gasteiger partial charge < -0.3 is 14.7 Å². The van der Waals surface area contributed by atoms with Gasteiger partial charge in [0.25, 0.3) is 0 Å². The van der Waals surface area contributed by atoms with Gasteiger partial charge in [0.1, 0.15) is 5.60 Å². The molecular weight excluding hydrogens is 234 g/mol. The smallest absolute Gasteiger partial charge is 0.410 e. The number of carbonyl (C=O) groups is 2. The highest BCUT2D eigenvalue weighted by Gasteiger charge is 2.61. The first kappa shape index (κ1) is 13.2. The van der Waals surface area contributed by atoms with Crippen molar-refractivity contribution in [3.05, 3.63) is 0 Å². The number of nitrogens with zero attached hydrogens (tertiary/aromatic N) is 1. The Bertz CT molecular complexity index is 387. The minimum Gasteiger partial charge on any atom is -0.481 e. The van der Waals surface area contributed by atoms with Gasteiger partial charge in [-0.25, -0.2) is 4.79 Å². The molecule has 1 N–H and O–H groups in total. The van der Waals surface area contributed by atoms with E-state index in [0.29, 0.717) is 13.0 Å². The topological polar surface area (TPSA) is 66.8 Å². The molecule has 1 aliphatic heterocycles. The van der Waals surface area contributed by atoms with E-state index < -0.39 is 17.0 Å². The highest BCUT2D eigenvalue weighted by molar-refractivity contribution is 5.77. The predicted octanol–water partition coefficient (Wildman–Crippen LogP) is 2.11. The lowest BCUT2D eigenvalue weighted by atomic mass is 9.79. The maximum atomic E-state index is 12.0. The fraction of sp³-hybridized carbons (Fsp3) is 0.846. The van der Waals surface area contributed by atoms with Crippen LogP contribution in [0.2, 0.25) is 0 Å². The average Bonchev–Trinajstić information content (AvgIpc) is 2.95. The van der Waals surface area contributed by atoms with Gasteiger partial charge in [0.2, 0.25) is 0 Å². The molecule has 1 aliphatic carbocycles. The molecule has 18 heavy (non-hydrogen) atoms. The van der Waals surface area contributed by atoms with Crippen LogP contribution in [0.15, 0.2) is 0 Å². The largest absolute Gasteiger partial charge is 0.481 e. The van der Waals surface area contributed by atoms with Crippen molar-refractivity contribution < 1.29 is 19.4 Å². The Balaban J connectivity index is 2.02. The van der Waals surface area contributed by atoms with Crippen LogP contribution < -0.4 is 0 Å². The summed E-state index contributed by atoms with van der Waals surface area (Å²) in [5.41, 5.74) is -1.18. The molecule has 0 bridgehead atoms. The Labute approximate surface area is 107 Å². The first-order chi connectivity index (χ1) is 8.15. The number of amides is 1. The Hall–Kier alpha value is -1.26. The first-order valence-electron chi connectivity index (χ1n) is 6.38.